The van der Waals surface area contributed by atoms with Crippen molar-refractivity contribution in [2.45, 2.75) is 32.6 Å². The molecule has 1 aromatic heterocycles. The lowest BCUT2D eigenvalue weighted by Crippen LogP contribution is -2.47. The molecule has 1 aromatic carbocycles. The third kappa shape index (κ3) is 6.97. The number of amides is 2. The second-order valence-corrected chi connectivity index (χ2v) is 9.76. The van der Waals surface area contributed by atoms with Crippen molar-refractivity contribution in [3.63, 3.8) is 0 Å². The Morgan fingerprint density at radius 2 is 1.67 bits per heavy atom. The van der Waals surface area contributed by atoms with E-state index in [1.807, 2.05) is 41.3 Å². The number of rotatable bonds is 8. The summed E-state index contributed by atoms with van der Waals surface area (Å²) in [5, 5.41) is 0. The summed E-state index contributed by atoms with van der Waals surface area (Å²) in [5.41, 5.74) is 2.52. The van der Waals surface area contributed by atoms with Crippen LogP contribution in [-0.4, -0.2) is 91.2 Å². The van der Waals surface area contributed by atoms with Crippen LogP contribution >= 0.6 is 0 Å². The van der Waals surface area contributed by atoms with Crippen LogP contribution in [0.25, 0.3) is 11.3 Å². The first-order valence-corrected chi connectivity index (χ1v) is 13.1. The Hall–Kier alpha value is -3.13. The van der Waals surface area contributed by atoms with Gasteiger partial charge in [-0.25, -0.2) is 4.79 Å². The van der Waals surface area contributed by atoms with Crippen LogP contribution in [0.5, 0.6) is 5.75 Å². The van der Waals surface area contributed by atoms with Crippen molar-refractivity contribution in [2.24, 2.45) is 5.92 Å². The van der Waals surface area contributed by atoms with E-state index in [0.29, 0.717) is 37.8 Å². The van der Waals surface area contributed by atoms with Crippen molar-refractivity contribution < 1.29 is 19.1 Å². The lowest BCUT2D eigenvalue weighted by Gasteiger charge is -2.32. The lowest BCUT2D eigenvalue weighted by atomic mass is 9.98. The monoisotopic (exact) mass is 494 g/mol. The van der Waals surface area contributed by atoms with Gasteiger partial charge in [0.2, 0.25) is 0 Å². The number of carbonyl (C=O) groups is 2. The summed E-state index contributed by atoms with van der Waals surface area (Å²) in [4.78, 5) is 35.4. The second kappa shape index (κ2) is 12.7. The van der Waals surface area contributed by atoms with E-state index in [4.69, 9.17) is 9.47 Å². The van der Waals surface area contributed by atoms with Gasteiger partial charge in [-0.3, -0.25) is 9.78 Å². The summed E-state index contributed by atoms with van der Waals surface area (Å²) in [6.07, 6.45) is 5.30. The van der Waals surface area contributed by atoms with E-state index >= 15 is 0 Å². The van der Waals surface area contributed by atoms with E-state index in [9.17, 15) is 9.59 Å². The number of benzene rings is 1. The van der Waals surface area contributed by atoms with Gasteiger partial charge >= 0.3 is 6.09 Å². The van der Waals surface area contributed by atoms with Gasteiger partial charge in [0, 0.05) is 50.4 Å². The minimum Gasteiger partial charge on any atom is -0.492 e. The standard InChI is InChI=1S/C28H38N4O4/c1-3-4-19-35-28(34)32-13-11-22(12-14-32)21-36-25-9-10-26(29-20-25)23-5-7-24(8-6-23)27(33)31-17-15-30(2)16-18-31/h5-10,20,22H,3-4,11-19,21H2,1-2H3. The first-order chi connectivity index (χ1) is 17.5. The third-order valence-electron chi connectivity index (χ3n) is 7.04. The maximum atomic E-state index is 12.8. The van der Waals surface area contributed by atoms with Crippen LogP contribution in [0.2, 0.25) is 0 Å². The fraction of sp³-hybridized carbons (Fsp3) is 0.536. The predicted molar refractivity (Wildman–Crippen MR) is 139 cm³/mol. The van der Waals surface area contributed by atoms with Gasteiger partial charge in [0.05, 0.1) is 25.1 Å². The summed E-state index contributed by atoms with van der Waals surface area (Å²) in [5.74, 6) is 1.24. The summed E-state index contributed by atoms with van der Waals surface area (Å²) >= 11 is 0. The van der Waals surface area contributed by atoms with Crippen LogP contribution in [0.4, 0.5) is 4.79 Å². The van der Waals surface area contributed by atoms with Crippen LogP contribution in [0, 0.1) is 5.92 Å². The largest absolute Gasteiger partial charge is 0.492 e. The molecule has 0 spiro atoms. The van der Waals surface area contributed by atoms with E-state index in [1.54, 1.807) is 11.1 Å². The van der Waals surface area contributed by atoms with Gasteiger partial charge in [-0.15, -0.1) is 0 Å². The zero-order valence-corrected chi connectivity index (χ0v) is 21.5. The molecule has 0 aliphatic carbocycles. The Kier molecular flexibility index (Phi) is 9.17. The van der Waals surface area contributed by atoms with Crippen molar-refractivity contribution in [1.29, 1.82) is 0 Å². The van der Waals surface area contributed by atoms with Crippen LogP contribution in [0.1, 0.15) is 43.0 Å². The molecule has 2 fully saturated rings. The molecule has 2 aliphatic rings. The lowest BCUT2D eigenvalue weighted by molar-refractivity contribution is 0.0664. The third-order valence-corrected chi connectivity index (χ3v) is 7.04. The van der Waals surface area contributed by atoms with E-state index in [2.05, 4.69) is 23.9 Å². The Balaban J connectivity index is 1.22. The molecule has 8 nitrogen and oxygen atoms in total. The molecule has 0 N–H and O–H groups in total. The van der Waals surface area contributed by atoms with Crippen molar-refractivity contribution in [3.05, 3.63) is 48.2 Å². The molecule has 0 unspecified atom stereocenters. The number of likely N-dealkylation sites (N-methyl/N-ethyl adjacent to an activating group) is 1. The number of unbranched alkanes of at least 4 members (excludes halogenated alkanes) is 1. The highest BCUT2D eigenvalue weighted by Crippen LogP contribution is 2.23. The zero-order chi connectivity index (χ0) is 25.3. The highest BCUT2D eigenvalue weighted by Gasteiger charge is 2.24. The maximum absolute atomic E-state index is 12.8. The summed E-state index contributed by atoms with van der Waals surface area (Å²) in [6, 6.07) is 11.6. The SMILES string of the molecule is CCCCOC(=O)N1CCC(COc2ccc(-c3ccc(C(=O)N4CCN(C)CC4)cc3)nc2)CC1. The van der Waals surface area contributed by atoms with Gasteiger partial charge in [0.25, 0.3) is 5.91 Å². The molecule has 3 heterocycles. The van der Waals surface area contributed by atoms with Gasteiger partial charge < -0.3 is 24.2 Å². The normalized spacial score (nSPS) is 17.2. The molecule has 2 saturated heterocycles. The van der Waals surface area contributed by atoms with Crippen molar-refractivity contribution in [3.8, 4) is 17.0 Å². The van der Waals surface area contributed by atoms with Crippen LogP contribution in [0.3, 0.4) is 0 Å². The molecule has 2 aliphatic heterocycles. The minimum atomic E-state index is -0.195. The molecule has 36 heavy (non-hydrogen) atoms. The Morgan fingerprint density at radius 1 is 0.944 bits per heavy atom. The number of nitrogens with zero attached hydrogens (tertiary/aromatic N) is 4. The predicted octanol–water partition coefficient (Wildman–Crippen LogP) is 4.16. The molecular weight excluding hydrogens is 456 g/mol. The average Bonchev–Trinajstić information content (AvgIpc) is 2.93. The number of piperazine rings is 1. The highest BCUT2D eigenvalue weighted by molar-refractivity contribution is 5.94. The Labute approximate surface area is 214 Å². The fourth-order valence-corrected chi connectivity index (χ4v) is 4.50. The number of aromatic nitrogens is 1. The average molecular weight is 495 g/mol. The molecule has 4 rings (SSSR count). The zero-order valence-electron chi connectivity index (χ0n) is 21.5. The number of pyridine rings is 1. The van der Waals surface area contributed by atoms with Crippen LogP contribution in [0.15, 0.2) is 42.6 Å². The van der Waals surface area contributed by atoms with E-state index in [1.165, 1.54) is 0 Å². The molecule has 2 amide bonds. The number of carbonyl (C=O) groups excluding carboxylic acids is 2. The first kappa shape index (κ1) is 25.9. The summed E-state index contributed by atoms with van der Waals surface area (Å²) < 4.78 is 11.3. The van der Waals surface area contributed by atoms with Gasteiger partial charge in [0.15, 0.2) is 0 Å². The molecule has 0 atom stereocenters. The quantitative estimate of drug-likeness (QED) is 0.513. The van der Waals surface area contributed by atoms with Crippen LogP contribution < -0.4 is 4.74 Å². The summed E-state index contributed by atoms with van der Waals surface area (Å²) in [7, 11) is 2.08. The highest BCUT2D eigenvalue weighted by atomic mass is 16.6. The Morgan fingerprint density at radius 3 is 2.31 bits per heavy atom. The van der Waals surface area contributed by atoms with Gasteiger partial charge in [-0.05, 0) is 56.5 Å². The van der Waals surface area contributed by atoms with E-state index in [0.717, 1.165) is 68.9 Å². The molecule has 0 saturated carbocycles. The van der Waals surface area contributed by atoms with Gasteiger partial charge in [0.1, 0.15) is 5.75 Å². The smallest absolute Gasteiger partial charge is 0.409 e. The number of hydrogen-bond donors (Lipinski definition) is 0. The van der Waals surface area contributed by atoms with E-state index in [-0.39, 0.29) is 12.0 Å². The topological polar surface area (TPSA) is 75.2 Å². The van der Waals surface area contributed by atoms with Crippen molar-refractivity contribution in [1.82, 2.24) is 19.7 Å². The molecule has 8 heteroatoms. The molecule has 2 aromatic rings. The summed E-state index contributed by atoms with van der Waals surface area (Å²) in [6.45, 7) is 7.98. The fourth-order valence-electron chi connectivity index (χ4n) is 4.50. The van der Waals surface area contributed by atoms with Crippen LogP contribution in [-0.2, 0) is 4.74 Å². The first-order valence-electron chi connectivity index (χ1n) is 13.1. The number of ether oxygens (including phenoxy) is 2. The molecule has 0 bridgehead atoms. The Bertz CT molecular complexity index is 980. The number of piperidine rings is 1. The van der Waals surface area contributed by atoms with Gasteiger partial charge in [-0.1, -0.05) is 25.5 Å². The van der Waals surface area contributed by atoms with E-state index < -0.39 is 0 Å². The van der Waals surface area contributed by atoms with Gasteiger partial charge in [-0.2, -0.15) is 0 Å². The number of hydrogen-bond acceptors (Lipinski definition) is 6. The second-order valence-electron chi connectivity index (χ2n) is 9.76. The van der Waals surface area contributed by atoms with Crippen molar-refractivity contribution in [2.75, 3.05) is 59.5 Å². The molecule has 0 radical (unpaired) electrons. The van der Waals surface area contributed by atoms with Crippen molar-refractivity contribution >= 4 is 12.0 Å². The number of likely N-dealkylation sites (tertiary alicyclic amines) is 1. The maximum Gasteiger partial charge on any atom is 0.409 e. The minimum absolute atomic E-state index is 0.0885. The molecular formula is C28H38N4O4. The molecule has 194 valence electrons.